The fourth-order valence-electron chi connectivity index (χ4n) is 3.20. The lowest BCUT2D eigenvalue weighted by molar-refractivity contribution is -0.483. The predicted octanol–water partition coefficient (Wildman–Crippen LogP) is 4.54. The van der Waals surface area contributed by atoms with Crippen molar-refractivity contribution in [3.63, 3.8) is 0 Å². The predicted molar refractivity (Wildman–Crippen MR) is 96.6 cm³/mol. The van der Waals surface area contributed by atoms with Crippen LogP contribution in [-0.2, 0) is 9.53 Å². The first-order valence-electron chi connectivity index (χ1n) is 8.36. The molecular formula is C19H18ClNO5. The van der Waals surface area contributed by atoms with Crippen LogP contribution in [0.2, 0.25) is 5.02 Å². The number of halogens is 1. The molecule has 2 aromatic carbocycles. The minimum atomic E-state index is -0.845. The second kappa shape index (κ2) is 7.74. The van der Waals surface area contributed by atoms with Crippen LogP contribution in [0.4, 0.5) is 0 Å². The number of carbonyl (C=O) groups excluding carboxylic acids is 1. The largest absolute Gasteiger partial charge is 0.465 e. The van der Waals surface area contributed by atoms with E-state index in [4.69, 9.17) is 21.1 Å². The van der Waals surface area contributed by atoms with Gasteiger partial charge in [-0.1, -0.05) is 36.7 Å². The Labute approximate surface area is 155 Å². The van der Waals surface area contributed by atoms with Crippen molar-refractivity contribution in [2.45, 2.75) is 25.2 Å². The molecule has 0 unspecified atom stereocenters. The van der Waals surface area contributed by atoms with Crippen molar-refractivity contribution in [3.05, 3.63) is 68.7 Å². The van der Waals surface area contributed by atoms with Crippen LogP contribution in [-0.4, -0.2) is 24.0 Å². The van der Waals surface area contributed by atoms with Gasteiger partial charge in [-0.05, 0) is 30.7 Å². The molecule has 0 fully saturated rings. The highest BCUT2D eigenvalue weighted by molar-refractivity contribution is 6.30. The SMILES string of the molecule is CCCOC(=O)[C@@H]1c2ccccc2Oc2ccc(Cl)cc2[C@H]1C[N+](=O)[O-]. The zero-order valence-electron chi connectivity index (χ0n) is 14.2. The molecule has 0 saturated carbocycles. The standard InChI is InChI=1S/C19H18ClNO5/c1-2-9-25-19(22)18-13-5-3-4-6-16(13)26-17-8-7-12(20)10-14(17)15(18)11-21(23)24/h3-8,10,15,18H,2,9,11H2,1H3/t15-,18-/m1/s1. The van der Waals surface area contributed by atoms with Crippen LogP contribution in [0.3, 0.4) is 0 Å². The van der Waals surface area contributed by atoms with Crippen LogP contribution in [0.25, 0.3) is 0 Å². The summed E-state index contributed by atoms with van der Waals surface area (Å²) in [4.78, 5) is 23.7. The Hall–Kier alpha value is -2.60. The highest BCUT2D eigenvalue weighted by atomic mass is 35.5. The van der Waals surface area contributed by atoms with Crippen LogP contribution in [0.15, 0.2) is 42.5 Å². The zero-order valence-corrected chi connectivity index (χ0v) is 14.9. The molecule has 0 saturated heterocycles. The molecule has 0 aliphatic carbocycles. The van der Waals surface area contributed by atoms with Gasteiger partial charge in [0.25, 0.3) is 0 Å². The van der Waals surface area contributed by atoms with Gasteiger partial charge in [-0.3, -0.25) is 14.9 Å². The number of hydrogen-bond acceptors (Lipinski definition) is 5. The van der Waals surface area contributed by atoms with Gasteiger partial charge in [0.15, 0.2) is 0 Å². The van der Waals surface area contributed by atoms with E-state index < -0.39 is 29.3 Å². The Morgan fingerprint density at radius 3 is 2.69 bits per heavy atom. The summed E-state index contributed by atoms with van der Waals surface area (Å²) in [6.07, 6.45) is 0.666. The average Bonchev–Trinajstić information content (AvgIpc) is 2.74. The number of esters is 1. The normalized spacial score (nSPS) is 18.1. The van der Waals surface area contributed by atoms with Gasteiger partial charge in [0.2, 0.25) is 6.54 Å². The quantitative estimate of drug-likeness (QED) is 0.435. The summed E-state index contributed by atoms with van der Waals surface area (Å²) in [5, 5.41) is 11.8. The van der Waals surface area contributed by atoms with Crippen molar-refractivity contribution in [3.8, 4) is 11.5 Å². The highest BCUT2D eigenvalue weighted by Gasteiger charge is 2.41. The Kier molecular flexibility index (Phi) is 5.42. The van der Waals surface area contributed by atoms with Gasteiger partial charge in [0.1, 0.15) is 11.5 Å². The van der Waals surface area contributed by atoms with E-state index in [9.17, 15) is 14.9 Å². The molecule has 0 N–H and O–H groups in total. The number of carbonyl (C=O) groups is 1. The van der Waals surface area contributed by atoms with Gasteiger partial charge < -0.3 is 9.47 Å². The summed E-state index contributed by atoms with van der Waals surface area (Å²) in [5.74, 6) is -1.14. The Morgan fingerprint density at radius 1 is 1.23 bits per heavy atom. The van der Waals surface area contributed by atoms with Gasteiger partial charge in [-0.25, -0.2) is 0 Å². The molecule has 0 aromatic heterocycles. The highest BCUT2D eigenvalue weighted by Crippen LogP contribution is 2.47. The number of hydrogen-bond donors (Lipinski definition) is 0. The van der Waals surface area contributed by atoms with E-state index in [1.165, 1.54) is 0 Å². The Bertz CT molecular complexity index is 838. The van der Waals surface area contributed by atoms with Gasteiger partial charge in [-0.15, -0.1) is 0 Å². The molecule has 2 atom stereocenters. The number of fused-ring (bicyclic) bond motifs is 2. The maximum absolute atomic E-state index is 12.8. The number of para-hydroxylation sites is 1. The Morgan fingerprint density at radius 2 is 1.96 bits per heavy atom. The average molecular weight is 376 g/mol. The fourth-order valence-corrected chi connectivity index (χ4v) is 3.38. The third kappa shape index (κ3) is 3.65. The van der Waals surface area contributed by atoms with Crippen molar-refractivity contribution in [1.82, 2.24) is 0 Å². The van der Waals surface area contributed by atoms with E-state index >= 15 is 0 Å². The topological polar surface area (TPSA) is 78.7 Å². The minimum absolute atomic E-state index is 0.256. The fraction of sp³-hybridized carbons (Fsp3) is 0.316. The number of nitro groups is 1. The van der Waals surface area contributed by atoms with Gasteiger partial charge >= 0.3 is 5.97 Å². The number of rotatable bonds is 5. The van der Waals surface area contributed by atoms with Crippen molar-refractivity contribution in [2.75, 3.05) is 13.2 Å². The number of nitrogens with zero attached hydrogens (tertiary/aromatic N) is 1. The molecule has 0 spiro atoms. The molecule has 6 nitrogen and oxygen atoms in total. The van der Waals surface area contributed by atoms with E-state index in [-0.39, 0.29) is 6.61 Å². The molecule has 2 aromatic rings. The van der Waals surface area contributed by atoms with Crippen molar-refractivity contribution < 1.29 is 19.2 Å². The summed E-state index contributed by atoms with van der Waals surface area (Å²) in [5.41, 5.74) is 1.11. The first-order chi connectivity index (χ1) is 12.5. The van der Waals surface area contributed by atoms with E-state index in [0.29, 0.717) is 34.1 Å². The summed E-state index contributed by atoms with van der Waals surface area (Å²) in [7, 11) is 0. The van der Waals surface area contributed by atoms with Crippen LogP contribution < -0.4 is 4.74 Å². The maximum Gasteiger partial charge on any atom is 0.314 e. The lowest BCUT2D eigenvalue weighted by Gasteiger charge is -2.22. The molecule has 0 radical (unpaired) electrons. The molecule has 1 aliphatic rings. The number of benzene rings is 2. The second-order valence-corrected chi connectivity index (χ2v) is 6.53. The van der Waals surface area contributed by atoms with Gasteiger partial charge in [0, 0.05) is 21.1 Å². The third-order valence-corrected chi connectivity index (χ3v) is 4.53. The van der Waals surface area contributed by atoms with E-state index in [0.717, 1.165) is 0 Å². The summed E-state index contributed by atoms with van der Waals surface area (Å²) >= 11 is 6.11. The second-order valence-electron chi connectivity index (χ2n) is 6.09. The first-order valence-corrected chi connectivity index (χ1v) is 8.73. The molecule has 1 aliphatic heterocycles. The first kappa shape index (κ1) is 18.2. The summed E-state index contributed by atoms with van der Waals surface area (Å²) < 4.78 is 11.3. The summed E-state index contributed by atoms with van der Waals surface area (Å²) in [6.45, 7) is 1.71. The van der Waals surface area contributed by atoms with Crippen molar-refractivity contribution in [2.24, 2.45) is 0 Å². The number of ether oxygens (including phenoxy) is 2. The van der Waals surface area contributed by atoms with Crippen LogP contribution >= 0.6 is 11.6 Å². The molecule has 3 rings (SSSR count). The van der Waals surface area contributed by atoms with Crippen molar-refractivity contribution in [1.29, 1.82) is 0 Å². The molecule has 1 heterocycles. The van der Waals surface area contributed by atoms with Gasteiger partial charge in [-0.2, -0.15) is 0 Å². The van der Waals surface area contributed by atoms with Crippen LogP contribution in [0.1, 0.15) is 36.3 Å². The van der Waals surface area contributed by atoms with Gasteiger partial charge in [0.05, 0.1) is 18.4 Å². The molecule has 0 bridgehead atoms. The smallest absolute Gasteiger partial charge is 0.314 e. The monoisotopic (exact) mass is 375 g/mol. The van der Waals surface area contributed by atoms with Crippen LogP contribution in [0.5, 0.6) is 11.5 Å². The van der Waals surface area contributed by atoms with Crippen molar-refractivity contribution >= 4 is 17.6 Å². The zero-order chi connectivity index (χ0) is 18.7. The molecular weight excluding hydrogens is 358 g/mol. The maximum atomic E-state index is 12.8. The molecule has 0 amide bonds. The van der Waals surface area contributed by atoms with E-state index in [1.807, 2.05) is 6.92 Å². The molecule has 26 heavy (non-hydrogen) atoms. The lowest BCUT2D eigenvalue weighted by Crippen LogP contribution is -2.27. The third-order valence-electron chi connectivity index (χ3n) is 4.30. The summed E-state index contributed by atoms with van der Waals surface area (Å²) in [6, 6.07) is 12.0. The van der Waals surface area contributed by atoms with E-state index in [1.54, 1.807) is 42.5 Å². The lowest BCUT2D eigenvalue weighted by atomic mass is 9.81. The molecule has 136 valence electrons. The minimum Gasteiger partial charge on any atom is -0.465 e. The van der Waals surface area contributed by atoms with E-state index in [2.05, 4.69) is 0 Å². The van der Waals surface area contributed by atoms with Crippen LogP contribution in [0, 0.1) is 10.1 Å². The molecule has 7 heteroatoms. The Balaban J connectivity index is 2.18.